The van der Waals surface area contributed by atoms with E-state index in [2.05, 4.69) is 29.9 Å². The van der Waals surface area contributed by atoms with Crippen LogP contribution < -0.4 is 0 Å². The van der Waals surface area contributed by atoms with Gasteiger partial charge in [0.1, 0.15) is 45.6 Å². The van der Waals surface area contributed by atoms with Crippen LogP contribution in [0.4, 0.5) is 0 Å². The van der Waals surface area contributed by atoms with E-state index < -0.39 is 6.85 Å². The molecule has 0 aliphatic heterocycles. The molecule has 9 rings (SSSR count). The smallest absolute Gasteiger partial charge is 0.221 e. The summed E-state index contributed by atoms with van der Waals surface area (Å²) in [5.74, 6) is 0.941. The van der Waals surface area contributed by atoms with Crippen molar-refractivity contribution in [2.24, 2.45) is 0 Å². The standard InChI is InChI=1S/C30H17N11/c1-16-5-4-8-19-21(16)39-30-40(19)17-6-2-3-7-18(17)41(30)20-15-37-28-26-24(33-11-12-35-26)22-23(32-10-9-31-22)25-27(29(28)38-20)36-14-13-34-25/h2-15H,1H3/i1D3. The van der Waals surface area contributed by atoms with Gasteiger partial charge >= 0.3 is 0 Å². The number of aryl methyl sites for hydroxylation is 1. The molecule has 2 aromatic carbocycles. The average Bonchev–Trinajstić information content (AvgIpc) is 3.58. The van der Waals surface area contributed by atoms with Crippen LogP contribution in [0, 0.1) is 6.85 Å². The second-order valence-corrected chi connectivity index (χ2v) is 9.43. The van der Waals surface area contributed by atoms with Gasteiger partial charge in [-0.3, -0.25) is 38.9 Å². The molecule has 6 heterocycles. The molecule has 11 nitrogen and oxygen atoms in total. The Bertz CT molecular complexity index is 2460. The van der Waals surface area contributed by atoms with Crippen molar-refractivity contribution < 1.29 is 4.11 Å². The van der Waals surface area contributed by atoms with Gasteiger partial charge in [-0.05, 0) is 30.6 Å². The third-order valence-corrected chi connectivity index (χ3v) is 7.21. The zero-order chi connectivity index (χ0) is 29.6. The summed E-state index contributed by atoms with van der Waals surface area (Å²) in [6.07, 6.45) is 11.2. The molecule has 0 amide bonds. The molecular weight excluding hydrogens is 514 g/mol. The molecule has 0 saturated carbocycles. The quantitative estimate of drug-likeness (QED) is 0.290. The first-order valence-corrected chi connectivity index (χ1v) is 12.7. The molecule has 0 saturated heterocycles. The molecule has 0 unspecified atom stereocenters. The topological polar surface area (TPSA) is 125 Å². The molecule has 6 aromatic heterocycles. The Labute approximate surface area is 235 Å². The highest BCUT2D eigenvalue weighted by Gasteiger charge is 2.30. The summed E-state index contributed by atoms with van der Waals surface area (Å²) in [6.45, 7) is -2.34. The van der Waals surface area contributed by atoms with Crippen molar-refractivity contribution in [2.45, 2.75) is 6.85 Å². The molecule has 0 bridgehead atoms. The van der Waals surface area contributed by atoms with Gasteiger partial charge in [-0.1, -0.05) is 24.3 Å². The van der Waals surface area contributed by atoms with Crippen molar-refractivity contribution in [2.75, 3.05) is 0 Å². The largest absolute Gasteiger partial charge is 0.276 e. The van der Waals surface area contributed by atoms with Crippen LogP contribution in [0.3, 0.4) is 0 Å². The molecule has 0 N–H and O–H groups in total. The van der Waals surface area contributed by atoms with E-state index >= 15 is 0 Å². The van der Waals surface area contributed by atoms with Crippen molar-refractivity contribution in [3.05, 3.63) is 91.4 Å². The zero-order valence-corrected chi connectivity index (χ0v) is 21.0. The number of imidazole rings is 2. The fraction of sp³-hybridized carbons (Fsp3) is 0.0333. The molecule has 192 valence electrons. The van der Waals surface area contributed by atoms with Gasteiger partial charge in [0.2, 0.25) is 5.78 Å². The van der Waals surface area contributed by atoms with Crippen molar-refractivity contribution in [3.8, 4) is 51.4 Å². The number of hydrogen-bond acceptors (Lipinski definition) is 9. The van der Waals surface area contributed by atoms with Crippen LogP contribution in [-0.4, -0.2) is 53.8 Å². The molecule has 1 aliphatic rings. The van der Waals surface area contributed by atoms with E-state index in [4.69, 9.17) is 19.1 Å². The number of hydrogen-bond donors (Lipinski definition) is 0. The Kier molecular flexibility index (Phi) is 3.75. The molecule has 0 radical (unpaired) electrons. The van der Waals surface area contributed by atoms with Gasteiger partial charge in [0.05, 0.1) is 28.3 Å². The lowest BCUT2D eigenvalue weighted by Gasteiger charge is -2.18. The third-order valence-electron chi connectivity index (χ3n) is 7.21. The minimum Gasteiger partial charge on any atom is -0.276 e. The SMILES string of the molecule is [2H]C([2H])([2H])c1cccc2c1nc1n(-c3cnc4c(n3)-c3nccnc3-c3nccnc3-c3nccnc3-4)c3ccccc3n21. The lowest BCUT2D eigenvalue weighted by Crippen LogP contribution is -2.09. The monoisotopic (exact) mass is 534 g/mol. The van der Waals surface area contributed by atoms with Crippen LogP contribution in [0.5, 0.6) is 0 Å². The van der Waals surface area contributed by atoms with Gasteiger partial charge in [0, 0.05) is 41.3 Å². The van der Waals surface area contributed by atoms with Gasteiger partial charge in [-0.15, -0.1) is 0 Å². The van der Waals surface area contributed by atoms with Gasteiger partial charge in [-0.25, -0.2) is 15.0 Å². The summed E-state index contributed by atoms with van der Waals surface area (Å²) in [6, 6.07) is 13.0. The lowest BCUT2D eigenvalue weighted by atomic mass is 10.0. The van der Waals surface area contributed by atoms with E-state index in [1.807, 2.05) is 39.3 Å². The fourth-order valence-electron chi connectivity index (χ4n) is 5.53. The maximum atomic E-state index is 8.11. The summed E-state index contributed by atoms with van der Waals surface area (Å²) >= 11 is 0. The highest BCUT2D eigenvalue weighted by atomic mass is 15.2. The summed E-state index contributed by atoms with van der Waals surface area (Å²) in [4.78, 5) is 42.6. The van der Waals surface area contributed by atoms with E-state index in [0.717, 1.165) is 11.0 Å². The van der Waals surface area contributed by atoms with E-state index in [9.17, 15) is 0 Å². The summed E-state index contributed by atoms with van der Waals surface area (Å²) in [5, 5.41) is 0. The number of rotatable bonds is 1. The van der Waals surface area contributed by atoms with E-state index in [1.54, 1.807) is 55.5 Å². The minimum absolute atomic E-state index is 0.178. The Morgan fingerprint density at radius 1 is 0.537 bits per heavy atom. The molecule has 0 fully saturated rings. The normalized spacial score (nSPS) is 13.4. The lowest BCUT2D eigenvalue weighted by molar-refractivity contribution is 1.00. The number of aromatic nitrogens is 11. The van der Waals surface area contributed by atoms with E-state index in [0.29, 0.717) is 68.2 Å². The van der Waals surface area contributed by atoms with Gasteiger partial charge in [0.15, 0.2) is 5.82 Å². The molecular formula is C30H17N11. The average molecular weight is 535 g/mol. The predicted octanol–water partition coefficient (Wildman–Crippen LogP) is 4.88. The summed E-state index contributed by atoms with van der Waals surface area (Å²) in [7, 11) is 0. The van der Waals surface area contributed by atoms with Crippen LogP contribution in [0.15, 0.2) is 85.8 Å². The van der Waals surface area contributed by atoms with Crippen molar-refractivity contribution in [3.63, 3.8) is 0 Å². The Balaban J connectivity index is 1.39. The fourth-order valence-corrected chi connectivity index (χ4v) is 5.53. The maximum absolute atomic E-state index is 8.11. The number of benzene rings is 2. The molecule has 1 aliphatic carbocycles. The first-order valence-electron chi connectivity index (χ1n) is 14.2. The number of fused-ring (bicyclic) bond motifs is 13. The van der Waals surface area contributed by atoms with Crippen molar-refractivity contribution >= 4 is 27.8 Å². The van der Waals surface area contributed by atoms with Crippen LogP contribution in [0.2, 0.25) is 0 Å². The first-order chi connectivity index (χ1) is 21.5. The van der Waals surface area contributed by atoms with Gasteiger partial charge < -0.3 is 0 Å². The van der Waals surface area contributed by atoms with E-state index in [1.165, 1.54) is 0 Å². The Morgan fingerprint density at radius 2 is 1.07 bits per heavy atom. The number of nitrogens with zero attached hydrogens (tertiary/aromatic N) is 11. The predicted molar refractivity (Wildman–Crippen MR) is 152 cm³/mol. The minimum atomic E-state index is -2.34. The molecule has 0 spiro atoms. The second kappa shape index (κ2) is 8.02. The zero-order valence-electron chi connectivity index (χ0n) is 24.0. The second-order valence-electron chi connectivity index (χ2n) is 9.43. The summed E-state index contributed by atoms with van der Waals surface area (Å²) in [5.41, 5.74) is 6.73. The van der Waals surface area contributed by atoms with Crippen molar-refractivity contribution in [1.29, 1.82) is 0 Å². The van der Waals surface area contributed by atoms with Crippen molar-refractivity contribution in [1.82, 2.24) is 53.8 Å². The van der Waals surface area contributed by atoms with Crippen LogP contribution in [0.25, 0.3) is 79.2 Å². The molecule has 41 heavy (non-hydrogen) atoms. The van der Waals surface area contributed by atoms with Gasteiger partial charge in [0.25, 0.3) is 0 Å². The first kappa shape index (κ1) is 19.1. The molecule has 8 aromatic rings. The van der Waals surface area contributed by atoms with E-state index in [-0.39, 0.29) is 5.56 Å². The Morgan fingerprint density at radius 3 is 1.68 bits per heavy atom. The van der Waals surface area contributed by atoms with Gasteiger partial charge in [-0.2, -0.15) is 0 Å². The van der Waals surface area contributed by atoms with Crippen LogP contribution in [0.1, 0.15) is 9.68 Å². The highest BCUT2D eigenvalue weighted by Crippen LogP contribution is 2.41. The van der Waals surface area contributed by atoms with Crippen LogP contribution >= 0.6 is 0 Å². The summed E-state index contributed by atoms with van der Waals surface area (Å²) < 4.78 is 28.1. The maximum Gasteiger partial charge on any atom is 0.221 e. The molecule has 11 heteroatoms. The van der Waals surface area contributed by atoms with Crippen LogP contribution in [-0.2, 0) is 0 Å². The highest BCUT2D eigenvalue weighted by molar-refractivity contribution is 5.95. The third kappa shape index (κ3) is 2.94. The molecule has 0 atom stereocenters. The number of para-hydroxylation sites is 3. The Hall–Kier alpha value is -5.97.